The Morgan fingerprint density at radius 2 is 1.43 bits per heavy atom. The van der Waals surface area contributed by atoms with Crippen LogP contribution in [0.1, 0.15) is 33.2 Å². The molecule has 0 spiro atoms. The van der Waals surface area contributed by atoms with Crippen LogP contribution in [0.4, 0.5) is 0 Å². The highest BCUT2D eigenvalue weighted by molar-refractivity contribution is 9.10. The zero-order chi connectivity index (χ0) is 15.0. The molecule has 0 amide bonds. The molecule has 3 rings (SSSR count). The molecule has 2 nitrogen and oxygen atoms in total. The van der Waals surface area contributed by atoms with E-state index < -0.39 is 0 Å². The topological polar surface area (TPSA) is 34.1 Å². The van der Waals surface area contributed by atoms with Crippen LogP contribution < -0.4 is 0 Å². The van der Waals surface area contributed by atoms with Crippen molar-refractivity contribution in [2.24, 2.45) is 0 Å². The van der Waals surface area contributed by atoms with Crippen LogP contribution in [0.5, 0.6) is 0 Å². The molecule has 0 aliphatic heterocycles. The summed E-state index contributed by atoms with van der Waals surface area (Å²) < 4.78 is 0.949. The molecule has 0 saturated heterocycles. The number of fused-ring (bicyclic) bond motifs is 1. The molecule has 0 bridgehead atoms. The van der Waals surface area contributed by atoms with Crippen LogP contribution in [-0.4, -0.2) is 11.6 Å². The second-order valence-electron chi connectivity index (χ2n) is 5.08. The Labute approximate surface area is 131 Å². The lowest BCUT2D eigenvalue weighted by Crippen LogP contribution is -2.22. The van der Waals surface area contributed by atoms with E-state index in [0.29, 0.717) is 28.7 Å². The van der Waals surface area contributed by atoms with E-state index in [1.54, 1.807) is 31.2 Å². The number of Topliss-reactive ketones (excluding diaryl/α,β-unsaturated/α-hetero) is 2. The number of ketones is 2. The molecule has 0 atom stereocenters. The summed E-state index contributed by atoms with van der Waals surface area (Å²) in [5, 5.41) is 0. The van der Waals surface area contributed by atoms with Crippen molar-refractivity contribution in [3.05, 3.63) is 80.8 Å². The van der Waals surface area contributed by atoms with Crippen LogP contribution in [0.25, 0.3) is 0 Å². The zero-order valence-corrected chi connectivity index (χ0v) is 13.1. The van der Waals surface area contributed by atoms with Crippen molar-refractivity contribution in [2.45, 2.75) is 13.3 Å². The zero-order valence-electron chi connectivity index (χ0n) is 11.5. The van der Waals surface area contributed by atoms with Gasteiger partial charge in [-0.25, -0.2) is 0 Å². The Hall–Kier alpha value is -2.00. The molecule has 1 aliphatic carbocycles. The molecule has 2 aromatic rings. The van der Waals surface area contributed by atoms with Gasteiger partial charge in [0.25, 0.3) is 0 Å². The summed E-state index contributed by atoms with van der Waals surface area (Å²) in [6, 6.07) is 14.8. The average Bonchev–Trinajstić information content (AvgIpc) is 2.51. The number of halogens is 1. The van der Waals surface area contributed by atoms with Gasteiger partial charge in [0.2, 0.25) is 0 Å². The summed E-state index contributed by atoms with van der Waals surface area (Å²) in [6.07, 6.45) is 0.464. The first-order valence-corrected chi connectivity index (χ1v) is 7.50. The number of carbonyl (C=O) groups is 2. The summed E-state index contributed by atoms with van der Waals surface area (Å²) in [5.74, 6) is -0.0919. The molecular weight excluding hydrogens is 328 g/mol. The van der Waals surface area contributed by atoms with Crippen molar-refractivity contribution in [3.63, 3.8) is 0 Å². The van der Waals surface area contributed by atoms with Gasteiger partial charge >= 0.3 is 0 Å². The fourth-order valence-electron chi connectivity index (χ4n) is 2.60. The van der Waals surface area contributed by atoms with E-state index in [1.807, 2.05) is 24.3 Å². The molecule has 0 unspecified atom stereocenters. The van der Waals surface area contributed by atoms with E-state index in [-0.39, 0.29) is 11.6 Å². The van der Waals surface area contributed by atoms with Gasteiger partial charge < -0.3 is 0 Å². The number of allylic oxidation sites excluding steroid dienone is 2. The van der Waals surface area contributed by atoms with Crippen LogP contribution >= 0.6 is 15.9 Å². The molecule has 0 aromatic heterocycles. The van der Waals surface area contributed by atoms with Gasteiger partial charge in [-0.15, -0.1) is 0 Å². The second-order valence-corrected chi connectivity index (χ2v) is 5.93. The van der Waals surface area contributed by atoms with Crippen LogP contribution in [0.2, 0.25) is 0 Å². The first-order chi connectivity index (χ1) is 10.1. The first-order valence-electron chi connectivity index (χ1n) is 6.71. The molecule has 1 aliphatic rings. The van der Waals surface area contributed by atoms with Gasteiger partial charge in [-0.1, -0.05) is 58.4 Å². The predicted octanol–water partition coefficient (Wildman–Crippen LogP) is 4.39. The van der Waals surface area contributed by atoms with Gasteiger partial charge in [-0.2, -0.15) is 0 Å². The Bertz CT molecular complexity index is 787. The lowest BCUT2D eigenvalue weighted by atomic mass is 9.82. The number of hydrogen-bond donors (Lipinski definition) is 0. The molecule has 3 heteroatoms. The third-order valence-corrected chi connectivity index (χ3v) is 4.58. The maximum Gasteiger partial charge on any atom is 0.190 e. The Morgan fingerprint density at radius 3 is 2.10 bits per heavy atom. The van der Waals surface area contributed by atoms with Gasteiger partial charge in [-0.3, -0.25) is 9.59 Å². The molecule has 0 heterocycles. The Balaban J connectivity index is 2.07. The van der Waals surface area contributed by atoms with Crippen LogP contribution in [0.15, 0.2) is 64.1 Å². The molecule has 21 heavy (non-hydrogen) atoms. The van der Waals surface area contributed by atoms with E-state index in [1.165, 1.54) is 0 Å². The summed E-state index contributed by atoms with van der Waals surface area (Å²) >= 11 is 3.49. The molecule has 104 valence electrons. The lowest BCUT2D eigenvalue weighted by molar-refractivity contribution is 0.0973. The normalized spacial score (nSPS) is 14.4. The summed E-state index contributed by atoms with van der Waals surface area (Å²) in [5.41, 5.74) is 3.17. The lowest BCUT2D eigenvalue weighted by Gasteiger charge is -2.19. The van der Waals surface area contributed by atoms with Crippen molar-refractivity contribution in [3.8, 4) is 0 Å². The van der Waals surface area contributed by atoms with Crippen molar-refractivity contribution in [1.82, 2.24) is 0 Å². The highest BCUT2D eigenvalue weighted by Crippen LogP contribution is 2.29. The molecule has 0 N–H and O–H groups in total. The minimum atomic E-state index is -0.0488. The van der Waals surface area contributed by atoms with Crippen molar-refractivity contribution >= 4 is 27.5 Å². The van der Waals surface area contributed by atoms with Gasteiger partial charge in [0.15, 0.2) is 11.6 Å². The van der Waals surface area contributed by atoms with Crippen LogP contribution in [0.3, 0.4) is 0 Å². The van der Waals surface area contributed by atoms with Gasteiger partial charge in [0, 0.05) is 33.2 Å². The van der Waals surface area contributed by atoms with E-state index >= 15 is 0 Å². The molecule has 0 radical (unpaired) electrons. The largest absolute Gasteiger partial charge is 0.289 e. The molecule has 0 saturated carbocycles. The van der Waals surface area contributed by atoms with E-state index in [9.17, 15) is 9.59 Å². The van der Waals surface area contributed by atoms with E-state index in [2.05, 4.69) is 15.9 Å². The average molecular weight is 341 g/mol. The first kappa shape index (κ1) is 14.0. The summed E-state index contributed by atoms with van der Waals surface area (Å²) in [4.78, 5) is 25.1. The maximum atomic E-state index is 12.7. The van der Waals surface area contributed by atoms with E-state index in [0.717, 1.165) is 10.0 Å². The Morgan fingerprint density at radius 1 is 0.857 bits per heavy atom. The standard InChI is InChI=1S/C18H13BrO2/c1-11-15(10-12-6-2-5-9-16(12)19)18(21)14-8-4-3-7-13(14)17(11)20/h2-9H,10H2,1H3. The van der Waals surface area contributed by atoms with Crippen molar-refractivity contribution in [1.29, 1.82) is 0 Å². The smallest absolute Gasteiger partial charge is 0.190 e. The summed E-state index contributed by atoms with van der Waals surface area (Å²) in [7, 11) is 0. The molecule has 0 fully saturated rings. The SMILES string of the molecule is CC1=C(Cc2ccccc2Br)C(=O)c2ccccc2C1=O. The van der Waals surface area contributed by atoms with Crippen LogP contribution in [0, 0.1) is 0 Å². The Kier molecular flexibility index (Phi) is 3.60. The molecular formula is C18H13BrO2. The number of hydrogen-bond acceptors (Lipinski definition) is 2. The minimum Gasteiger partial charge on any atom is -0.289 e. The third-order valence-electron chi connectivity index (χ3n) is 3.81. The summed E-state index contributed by atoms with van der Waals surface area (Å²) in [6.45, 7) is 1.74. The van der Waals surface area contributed by atoms with Crippen molar-refractivity contribution < 1.29 is 9.59 Å². The highest BCUT2D eigenvalue weighted by Gasteiger charge is 2.29. The predicted molar refractivity (Wildman–Crippen MR) is 85.6 cm³/mol. The fraction of sp³-hybridized carbons (Fsp3) is 0.111. The highest BCUT2D eigenvalue weighted by atomic mass is 79.9. The number of rotatable bonds is 2. The number of carbonyl (C=O) groups excluding carboxylic acids is 2. The van der Waals surface area contributed by atoms with Gasteiger partial charge in [-0.05, 0) is 18.6 Å². The van der Waals surface area contributed by atoms with Crippen molar-refractivity contribution in [2.75, 3.05) is 0 Å². The fourth-order valence-corrected chi connectivity index (χ4v) is 3.02. The third kappa shape index (κ3) is 2.38. The second kappa shape index (κ2) is 5.41. The minimum absolute atomic E-state index is 0.0431. The van der Waals surface area contributed by atoms with Gasteiger partial charge in [0.05, 0.1) is 0 Å². The molecule has 2 aromatic carbocycles. The maximum absolute atomic E-state index is 12.7. The van der Waals surface area contributed by atoms with E-state index in [4.69, 9.17) is 0 Å². The monoisotopic (exact) mass is 340 g/mol. The van der Waals surface area contributed by atoms with Crippen LogP contribution in [-0.2, 0) is 6.42 Å². The number of benzene rings is 2. The van der Waals surface area contributed by atoms with Gasteiger partial charge in [0.1, 0.15) is 0 Å². The quantitative estimate of drug-likeness (QED) is 0.812.